The molecule has 0 aromatic carbocycles. The smallest absolute Gasteiger partial charge is 0.240 e. The molecule has 104 valence electrons. The van der Waals surface area contributed by atoms with E-state index in [9.17, 15) is 14.3 Å². The van der Waals surface area contributed by atoms with Crippen LogP contribution in [0.3, 0.4) is 0 Å². The topological polar surface area (TPSA) is 70.0 Å². The van der Waals surface area contributed by atoms with Gasteiger partial charge in [-0.2, -0.15) is 5.26 Å². The van der Waals surface area contributed by atoms with Crippen molar-refractivity contribution >= 4 is 16.7 Å². The standard InChI is InChI=1S/C13H24N2O2S/c1-5-7-13(10-14,8-6-2)12(16)15-9-11(3)18(4)17/h11H,5-9H2,1-4H3,(H,15,16). The highest BCUT2D eigenvalue weighted by Crippen LogP contribution is 2.29. The second kappa shape index (κ2) is 8.25. The van der Waals surface area contributed by atoms with Crippen LogP contribution in [0.25, 0.3) is 0 Å². The summed E-state index contributed by atoms with van der Waals surface area (Å²) >= 11 is 0. The Labute approximate surface area is 113 Å². The van der Waals surface area contributed by atoms with Crippen molar-refractivity contribution in [2.75, 3.05) is 12.8 Å². The molecule has 2 atom stereocenters. The summed E-state index contributed by atoms with van der Waals surface area (Å²) in [6.07, 6.45) is 4.37. The van der Waals surface area contributed by atoms with Crippen LogP contribution in [0.15, 0.2) is 0 Å². The Morgan fingerprint density at radius 2 is 1.89 bits per heavy atom. The summed E-state index contributed by atoms with van der Waals surface area (Å²) in [5.74, 6) is -0.217. The largest absolute Gasteiger partial charge is 0.354 e. The first-order valence-electron chi connectivity index (χ1n) is 6.45. The lowest BCUT2D eigenvalue weighted by Crippen LogP contribution is -2.43. The SMILES string of the molecule is CCCC(C#N)(CCC)C(=O)NCC(C)S(C)=O. The van der Waals surface area contributed by atoms with Gasteiger partial charge in [0.15, 0.2) is 0 Å². The quantitative estimate of drug-likeness (QED) is 0.734. The molecule has 5 heteroatoms. The summed E-state index contributed by atoms with van der Waals surface area (Å²) in [5.41, 5.74) is -0.918. The highest BCUT2D eigenvalue weighted by Gasteiger charge is 2.36. The minimum absolute atomic E-state index is 0.0893. The Kier molecular flexibility index (Phi) is 7.85. The average Bonchev–Trinajstić information content (AvgIpc) is 2.34. The maximum atomic E-state index is 12.2. The molecule has 0 aromatic rings. The maximum Gasteiger partial charge on any atom is 0.240 e. The van der Waals surface area contributed by atoms with E-state index >= 15 is 0 Å². The first-order valence-corrected chi connectivity index (χ1v) is 8.07. The molecule has 0 saturated carbocycles. The van der Waals surface area contributed by atoms with E-state index in [4.69, 9.17) is 0 Å². The molecule has 0 aliphatic carbocycles. The highest BCUT2D eigenvalue weighted by molar-refractivity contribution is 7.84. The van der Waals surface area contributed by atoms with Gasteiger partial charge in [0.25, 0.3) is 0 Å². The van der Waals surface area contributed by atoms with Gasteiger partial charge in [-0.15, -0.1) is 0 Å². The fourth-order valence-electron chi connectivity index (χ4n) is 1.89. The average molecular weight is 272 g/mol. The zero-order valence-electron chi connectivity index (χ0n) is 11.8. The molecule has 0 aromatic heterocycles. The third kappa shape index (κ3) is 4.77. The Balaban J connectivity index is 4.67. The van der Waals surface area contributed by atoms with E-state index in [1.807, 2.05) is 20.8 Å². The molecule has 0 aliphatic rings. The first-order chi connectivity index (χ1) is 8.43. The van der Waals surface area contributed by atoms with Crippen molar-refractivity contribution in [2.24, 2.45) is 5.41 Å². The number of nitrogens with one attached hydrogen (secondary N) is 1. The summed E-state index contributed by atoms with van der Waals surface area (Å²) in [5, 5.41) is 12.0. The lowest BCUT2D eigenvalue weighted by atomic mass is 9.80. The van der Waals surface area contributed by atoms with Gasteiger partial charge in [-0.1, -0.05) is 26.7 Å². The van der Waals surface area contributed by atoms with Gasteiger partial charge in [0, 0.05) is 28.9 Å². The van der Waals surface area contributed by atoms with Crippen molar-refractivity contribution in [2.45, 2.75) is 51.7 Å². The van der Waals surface area contributed by atoms with Gasteiger partial charge in [0.2, 0.25) is 5.91 Å². The number of rotatable bonds is 8. The summed E-state index contributed by atoms with van der Waals surface area (Å²) in [6, 6.07) is 2.18. The molecule has 0 saturated heterocycles. The number of nitrogens with zero attached hydrogens (tertiary/aromatic N) is 1. The number of carbonyl (C=O) groups is 1. The highest BCUT2D eigenvalue weighted by atomic mass is 32.2. The number of hydrogen-bond acceptors (Lipinski definition) is 3. The van der Waals surface area contributed by atoms with E-state index in [0.717, 1.165) is 12.8 Å². The van der Waals surface area contributed by atoms with Crippen LogP contribution in [0.2, 0.25) is 0 Å². The lowest BCUT2D eigenvalue weighted by molar-refractivity contribution is -0.128. The van der Waals surface area contributed by atoms with Crippen LogP contribution in [-0.4, -0.2) is 28.2 Å². The predicted molar refractivity (Wildman–Crippen MR) is 74.4 cm³/mol. The van der Waals surface area contributed by atoms with E-state index in [2.05, 4.69) is 11.4 Å². The Hall–Kier alpha value is -0.890. The van der Waals surface area contributed by atoms with E-state index in [1.165, 1.54) is 0 Å². The van der Waals surface area contributed by atoms with E-state index in [1.54, 1.807) is 6.26 Å². The van der Waals surface area contributed by atoms with Crippen LogP contribution < -0.4 is 5.32 Å². The van der Waals surface area contributed by atoms with Crippen LogP contribution >= 0.6 is 0 Å². The molecule has 1 N–H and O–H groups in total. The van der Waals surface area contributed by atoms with Crippen molar-refractivity contribution in [3.8, 4) is 6.07 Å². The van der Waals surface area contributed by atoms with Gasteiger partial charge in [0.05, 0.1) is 6.07 Å². The van der Waals surface area contributed by atoms with E-state index in [-0.39, 0.29) is 11.2 Å². The molecule has 0 fully saturated rings. The third-order valence-corrected chi connectivity index (χ3v) is 4.42. The molecular formula is C13H24N2O2S. The molecule has 0 aliphatic heterocycles. The maximum absolute atomic E-state index is 12.2. The molecule has 0 spiro atoms. The van der Waals surface area contributed by atoms with Crippen molar-refractivity contribution in [1.29, 1.82) is 5.26 Å². The predicted octanol–water partition coefficient (Wildman–Crippen LogP) is 1.98. The molecule has 0 rings (SSSR count). The van der Waals surface area contributed by atoms with Crippen molar-refractivity contribution < 1.29 is 9.00 Å². The second-order valence-electron chi connectivity index (χ2n) is 4.71. The minimum atomic E-state index is -0.961. The zero-order valence-corrected chi connectivity index (χ0v) is 12.6. The fourth-order valence-corrected chi connectivity index (χ4v) is 2.21. The molecular weight excluding hydrogens is 248 g/mol. The Bertz CT molecular complexity index is 330. The number of hydrogen-bond donors (Lipinski definition) is 1. The summed E-state index contributed by atoms with van der Waals surface area (Å²) in [7, 11) is -0.961. The minimum Gasteiger partial charge on any atom is -0.354 e. The Morgan fingerprint density at radius 1 is 1.39 bits per heavy atom. The van der Waals surface area contributed by atoms with Gasteiger partial charge in [-0.05, 0) is 19.8 Å². The van der Waals surface area contributed by atoms with Crippen molar-refractivity contribution in [3.05, 3.63) is 0 Å². The summed E-state index contributed by atoms with van der Waals surface area (Å²) in [6.45, 7) is 6.13. The van der Waals surface area contributed by atoms with Gasteiger partial charge < -0.3 is 5.32 Å². The number of nitriles is 1. The van der Waals surface area contributed by atoms with Crippen molar-refractivity contribution in [3.63, 3.8) is 0 Å². The number of amides is 1. The summed E-state index contributed by atoms with van der Waals surface area (Å²) < 4.78 is 11.2. The first kappa shape index (κ1) is 17.1. The van der Waals surface area contributed by atoms with Gasteiger partial charge in [-0.25, -0.2) is 0 Å². The number of carbonyl (C=O) groups excluding carboxylic acids is 1. The fraction of sp³-hybridized carbons (Fsp3) is 0.846. The molecule has 18 heavy (non-hydrogen) atoms. The van der Waals surface area contributed by atoms with Gasteiger partial charge >= 0.3 is 0 Å². The summed E-state index contributed by atoms with van der Waals surface area (Å²) in [4.78, 5) is 12.2. The monoisotopic (exact) mass is 272 g/mol. The third-order valence-electron chi connectivity index (χ3n) is 3.12. The molecule has 0 bridgehead atoms. The van der Waals surface area contributed by atoms with Crippen LogP contribution in [0.1, 0.15) is 46.5 Å². The van der Waals surface area contributed by atoms with Crippen LogP contribution in [0.5, 0.6) is 0 Å². The van der Waals surface area contributed by atoms with Gasteiger partial charge in [-0.3, -0.25) is 9.00 Å². The second-order valence-corrected chi connectivity index (χ2v) is 6.52. The van der Waals surface area contributed by atoms with E-state index in [0.29, 0.717) is 19.4 Å². The van der Waals surface area contributed by atoms with Crippen LogP contribution in [0, 0.1) is 16.7 Å². The molecule has 4 nitrogen and oxygen atoms in total. The molecule has 0 radical (unpaired) electrons. The molecule has 1 amide bonds. The lowest BCUT2D eigenvalue weighted by Gasteiger charge is -2.25. The van der Waals surface area contributed by atoms with Crippen LogP contribution in [-0.2, 0) is 15.6 Å². The Morgan fingerprint density at radius 3 is 2.22 bits per heavy atom. The normalized spacial score (nSPS) is 14.6. The zero-order chi connectivity index (χ0) is 14.2. The van der Waals surface area contributed by atoms with Crippen molar-refractivity contribution in [1.82, 2.24) is 5.32 Å². The molecule has 0 heterocycles. The van der Waals surface area contributed by atoms with Crippen LogP contribution in [0.4, 0.5) is 0 Å². The van der Waals surface area contributed by atoms with Gasteiger partial charge in [0.1, 0.15) is 5.41 Å². The molecule has 2 unspecified atom stereocenters. The van der Waals surface area contributed by atoms with E-state index < -0.39 is 16.2 Å².